The molecule has 8 heteroatoms. The van der Waals surface area contributed by atoms with E-state index in [0.717, 1.165) is 43.3 Å². The van der Waals surface area contributed by atoms with Gasteiger partial charge in [0.25, 0.3) is 0 Å². The first-order chi connectivity index (χ1) is 14.8. The van der Waals surface area contributed by atoms with E-state index < -0.39 is 0 Å². The van der Waals surface area contributed by atoms with Crippen molar-refractivity contribution in [2.24, 2.45) is 4.99 Å². The summed E-state index contributed by atoms with van der Waals surface area (Å²) in [4.78, 5) is 4.67. The second-order valence-corrected chi connectivity index (χ2v) is 6.64. The molecule has 0 aliphatic heterocycles. The molecule has 1 aromatic heterocycles. The van der Waals surface area contributed by atoms with Crippen LogP contribution in [-0.4, -0.2) is 35.9 Å². The van der Waals surface area contributed by atoms with Gasteiger partial charge >= 0.3 is 0 Å². The van der Waals surface area contributed by atoms with Crippen LogP contribution < -0.4 is 20.1 Å². The van der Waals surface area contributed by atoms with Crippen molar-refractivity contribution in [2.45, 2.75) is 26.4 Å². The Morgan fingerprint density at radius 3 is 2.48 bits per heavy atom. The molecule has 0 amide bonds. The van der Waals surface area contributed by atoms with Gasteiger partial charge in [0.15, 0.2) is 17.5 Å². The normalized spacial score (nSPS) is 10.8. The Balaban J connectivity index is 0.00000341. The monoisotopic (exact) mass is 535 g/mol. The smallest absolute Gasteiger partial charge is 0.191 e. The molecule has 166 valence electrons. The van der Waals surface area contributed by atoms with Gasteiger partial charge in [-0.05, 0) is 49.2 Å². The molecule has 2 aromatic carbocycles. The minimum Gasteiger partial charge on any atom is -0.493 e. The standard InChI is InChI=1S/C23H29N5O2.HI/c1-3-24-23(25-14-6-16-28-17-7-15-27-28)26-18-19-10-12-20(13-11-19)30-22-9-5-4-8-21(22)29-2;/h4-5,7-13,15,17H,3,6,14,16,18H2,1-2H3,(H2,24,25,26);1H. The molecular weight excluding hydrogens is 505 g/mol. The molecule has 0 atom stereocenters. The first-order valence-corrected chi connectivity index (χ1v) is 10.2. The average Bonchev–Trinajstić information content (AvgIpc) is 3.30. The van der Waals surface area contributed by atoms with Crippen LogP contribution in [0.3, 0.4) is 0 Å². The van der Waals surface area contributed by atoms with Crippen LogP contribution >= 0.6 is 24.0 Å². The molecule has 0 saturated heterocycles. The van der Waals surface area contributed by atoms with Crippen molar-refractivity contribution in [3.8, 4) is 17.2 Å². The number of methoxy groups -OCH3 is 1. The molecule has 1 heterocycles. The SMILES string of the molecule is CCNC(=NCc1ccc(Oc2ccccc2OC)cc1)NCCCn1cccn1.I. The summed E-state index contributed by atoms with van der Waals surface area (Å²) in [7, 11) is 1.64. The van der Waals surface area contributed by atoms with Gasteiger partial charge in [-0.25, -0.2) is 4.99 Å². The molecule has 0 fully saturated rings. The first-order valence-electron chi connectivity index (χ1n) is 10.2. The molecule has 0 aliphatic carbocycles. The largest absolute Gasteiger partial charge is 0.493 e. The second kappa shape index (κ2) is 13.5. The highest BCUT2D eigenvalue weighted by atomic mass is 127. The number of hydrogen-bond donors (Lipinski definition) is 2. The molecule has 0 aliphatic rings. The molecule has 7 nitrogen and oxygen atoms in total. The van der Waals surface area contributed by atoms with Gasteiger partial charge in [0.2, 0.25) is 0 Å². The Kier molecular flexibility index (Phi) is 10.7. The maximum atomic E-state index is 5.92. The van der Waals surface area contributed by atoms with Gasteiger partial charge in [-0.1, -0.05) is 24.3 Å². The van der Waals surface area contributed by atoms with E-state index in [9.17, 15) is 0 Å². The zero-order valence-electron chi connectivity index (χ0n) is 18.0. The van der Waals surface area contributed by atoms with E-state index in [0.29, 0.717) is 18.0 Å². The number of aryl methyl sites for hydroxylation is 1. The average molecular weight is 535 g/mol. The van der Waals surface area contributed by atoms with Crippen LogP contribution in [0, 0.1) is 0 Å². The molecule has 0 spiro atoms. The van der Waals surface area contributed by atoms with Gasteiger partial charge in [0.05, 0.1) is 13.7 Å². The third kappa shape index (κ3) is 8.12. The van der Waals surface area contributed by atoms with Crippen molar-refractivity contribution >= 4 is 29.9 Å². The first kappa shape index (κ1) is 24.5. The molecular formula is C23H30IN5O2. The second-order valence-electron chi connectivity index (χ2n) is 6.64. The fraction of sp³-hybridized carbons (Fsp3) is 0.304. The fourth-order valence-electron chi connectivity index (χ4n) is 2.89. The number of nitrogens with zero attached hydrogens (tertiary/aromatic N) is 3. The molecule has 0 bridgehead atoms. The maximum Gasteiger partial charge on any atom is 0.191 e. The van der Waals surface area contributed by atoms with Gasteiger partial charge in [-0.15, -0.1) is 24.0 Å². The topological polar surface area (TPSA) is 72.7 Å². The molecule has 3 rings (SSSR count). The van der Waals surface area contributed by atoms with Crippen LogP contribution in [0.2, 0.25) is 0 Å². The summed E-state index contributed by atoms with van der Waals surface area (Å²) in [5.41, 5.74) is 1.11. The summed E-state index contributed by atoms with van der Waals surface area (Å²) in [5, 5.41) is 10.9. The van der Waals surface area contributed by atoms with E-state index in [1.54, 1.807) is 13.3 Å². The van der Waals surface area contributed by atoms with Crippen molar-refractivity contribution in [3.05, 3.63) is 72.6 Å². The molecule has 31 heavy (non-hydrogen) atoms. The highest BCUT2D eigenvalue weighted by Gasteiger charge is 2.04. The maximum absolute atomic E-state index is 5.92. The van der Waals surface area contributed by atoms with Crippen molar-refractivity contribution in [3.63, 3.8) is 0 Å². The van der Waals surface area contributed by atoms with Crippen molar-refractivity contribution in [2.75, 3.05) is 20.2 Å². The Bertz CT molecular complexity index is 914. The van der Waals surface area contributed by atoms with Crippen LogP contribution in [0.1, 0.15) is 18.9 Å². The fourth-order valence-corrected chi connectivity index (χ4v) is 2.89. The van der Waals surface area contributed by atoms with Crippen LogP contribution in [-0.2, 0) is 13.1 Å². The number of ether oxygens (including phenoxy) is 2. The van der Waals surface area contributed by atoms with E-state index in [2.05, 4.69) is 27.6 Å². The third-order valence-corrected chi connectivity index (χ3v) is 4.40. The number of rotatable bonds is 10. The van der Waals surface area contributed by atoms with Gasteiger partial charge in [-0.2, -0.15) is 5.10 Å². The lowest BCUT2D eigenvalue weighted by Gasteiger charge is -2.12. The highest BCUT2D eigenvalue weighted by molar-refractivity contribution is 14.0. The summed E-state index contributed by atoms with van der Waals surface area (Å²) in [6, 6.07) is 17.5. The lowest BCUT2D eigenvalue weighted by molar-refractivity contribution is 0.379. The lowest BCUT2D eigenvalue weighted by Crippen LogP contribution is -2.38. The quantitative estimate of drug-likeness (QED) is 0.174. The third-order valence-electron chi connectivity index (χ3n) is 4.40. The molecule has 0 saturated carbocycles. The summed E-state index contributed by atoms with van der Waals surface area (Å²) < 4.78 is 13.2. The number of aliphatic imine (C=N–C) groups is 1. The number of hydrogen-bond acceptors (Lipinski definition) is 4. The number of para-hydroxylation sites is 2. The summed E-state index contributed by atoms with van der Waals surface area (Å²) >= 11 is 0. The zero-order chi connectivity index (χ0) is 21.0. The minimum absolute atomic E-state index is 0. The predicted molar refractivity (Wildman–Crippen MR) is 135 cm³/mol. The van der Waals surface area contributed by atoms with Crippen molar-refractivity contribution in [1.29, 1.82) is 0 Å². The number of halogens is 1. The highest BCUT2D eigenvalue weighted by Crippen LogP contribution is 2.30. The van der Waals surface area contributed by atoms with Gasteiger partial charge in [0.1, 0.15) is 5.75 Å². The number of guanidine groups is 1. The van der Waals surface area contributed by atoms with Gasteiger partial charge in [0, 0.05) is 32.0 Å². The minimum atomic E-state index is 0. The summed E-state index contributed by atoms with van der Waals surface area (Å²) in [6.45, 7) is 5.18. The van der Waals surface area contributed by atoms with Gasteiger partial charge < -0.3 is 20.1 Å². The predicted octanol–water partition coefficient (Wildman–Crippen LogP) is 4.45. The Labute approximate surface area is 200 Å². The van der Waals surface area contributed by atoms with Crippen LogP contribution in [0.5, 0.6) is 17.2 Å². The Hall–Kier alpha value is -2.75. The van der Waals surface area contributed by atoms with Crippen molar-refractivity contribution < 1.29 is 9.47 Å². The number of aromatic nitrogens is 2. The Morgan fingerprint density at radius 1 is 1.03 bits per heavy atom. The summed E-state index contributed by atoms with van der Waals surface area (Å²) in [5.74, 6) is 2.97. The zero-order valence-corrected chi connectivity index (χ0v) is 20.3. The molecule has 2 N–H and O–H groups in total. The van der Waals surface area contributed by atoms with Crippen molar-refractivity contribution in [1.82, 2.24) is 20.4 Å². The van der Waals surface area contributed by atoms with Gasteiger partial charge in [-0.3, -0.25) is 4.68 Å². The van der Waals surface area contributed by atoms with Crippen LogP contribution in [0.25, 0.3) is 0 Å². The van der Waals surface area contributed by atoms with E-state index in [1.165, 1.54) is 0 Å². The lowest BCUT2D eigenvalue weighted by atomic mass is 10.2. The van der Waals surface area contributed by atoms with Crippen LogP contribution in [0.15, 0.2) is 72.0 Å². The van der Waals surface area contributed by atoms with E-state index in [-0.39, 0.29) is 24.0 Å². The van der Waals surface area contributed by atoms with E-state index >= 15 is 0 Å². The molecule has 0 unspecified atom stereocenters. The molecule has 0 radical (unpaired) electrons. The van der Waals surface area contributed by atoms with Crippen LogP contribution in [0.4, 0.5) is 0 Å². The number of nitrogens with one attached hydrogen (secondary N) is 2. The Morgan fingerprint density at radius 2 is 1.81 bits per heavy atom. The number of benzene rings is 2. The molecule has 3 aromatic rings. The van der Waals surface area contributed by atoms with E-state index in [1.807, 2.05) is 65.5 Å². The summed E-state index contributed by atoms with van der Waals surface area (Å²) in [6.07, 6.45) is 4.74. The van der Waals surface area contributed by atoms with E-state index in [4.69, 9.17) is 9.47 Å².